The van der Waals surface area contributed by atoms with E-state index in [9.17, 15) is 9.00 Å². The van der Waals surface area contributed by atoms with Gasteiger partial charge in [-0.05, 0) is 35.4 Å². The Hall–Kier alpha value is -2.79. The lowest BCUT2D eigenvalue weighted by Crippen LogP contribution is -2.30. The van der Waals surface area contributed by atoms with Crippen LogP contribution in [0.15, 0.2) is 79.0 Å². The number of carbonyl (C=O) groups excluding carboxylic acids is 1. The molecule has 1 amide bonds. The molecule has 5 heteroatoms. The van der Waals surface area contributed by atoms with Gasteiger partial charge in [0.15, 0.2) is 0 Å². The van der Waals surface area contributed by atoms with Crippen molar-refractivity contribution in [2.24, 2.45) is 0 Å². The van der Waals surface area contributed by atoms with Gasteiger partial charge in [-0.2, -0.15) is 0 Å². The summed E-state index contributed by atoms with van der Waals surface area (Å²) in [6.07, 6.45) is 3.37. The van der Waals surface area contributed by atoms with Crippen LogP contribution in [0.1, 0.15) is 33.2 Å². The Morgan fingerprint density at radius 1 is 1.04 bits per heavy atom. The Labute approximate surface area is 155 Å². The first-order chi connectivity index (χ1) is 12.6. The lowest BCUT2D eigenvalue weighted by atomic mass is 10.0. The molecule has 0 radical (unpaired) electrons. The highest BCUT2D eigenvalue weighted by molar-refractivity contribution is 7.83. The maximum Gasteiger partial charge on any atom is 0.252 e. The predicted molar refractivity (Wildman–Crippen MR) is 104 cm³/mol. The molecule has 132 valence electrons. The van der Waals surface area contributed by atoms with Gasteiger partial charge in [0.05, 0.1) is 11.7 Å². The molecule has 0 fully saturated rings. The van der Waals surface area contributed by atoms with E-state index < -0.39 is 10.8 Å². The highest BCUT2D eigenvalue weighted by Gasteiger charge is 2.19. The molecule has 0 aliphatic heterocycles. The van der Waals surface area contributed by atoms with Crippen molar-refractivity contribution >= 4 is 16.7 Å². The SMILES string of the molecule is CS(=O)Cc1cccc(C(=O)NC(c2ccccc2)c2ccccn2)c1. The summed E-state index contributed by atoms with van der Waals surface area (Å²) in [4.78, 5) is 17.2. The van der Waals surface area contributed by atoms with Crippen molar-refractivity contribution in [2.75, 3.05) is 6.26 Å². The predicted octanol–water partition coefficient (Wildman–Crippen LogP) is 3.48. The van der Waals surface area contributed by atoms with E-state index in [1.165, 1.54) is 0 Å². The minimum atomic E-state index is -0.950. The lowest BCUT2D eigenvalue weighted by molar-refractivity contribution is 0.0942. The summed E-state index contributed by atoms with van der Waals surface area (Å²) in [6.45, 7) is 0. The molecule has 26 heavy (non-hydrogen) atoms. The molecule has 2 aromatic carbocycles. The van der Waals surface area contributed by atoms with Gasteiger partial charge >= 0.3 is 0 Å². The van der Waals surface area contributed by atoms with E-state index in [2.05, 4.69) is 10.3 Å². The number of benzene rings is 2. The van der Waals surface area contributed by atoms with Crippen LogP contribution in [0.2, 0.25) is 0 Å². The Bertz CT molecular complexity index is 859. The van der Waals surface area contributed by atoms with Gasteiger partial charge in [-0.25, -0.2) is 0 Å². The van der Waals surface area contributed by atoms with Gasteiger partial charge in [-0.1, -0.05) is 48.5 Å². The van der Waals surface area contributed by atoms with Crippen LogP contribution in [0.3, 0.4) is 0 Å². The number of pyridine rings is 1. The second kappa shape index (κ2) is 8.54. The minimum absolute atomic E-state index is 0.187. The molecular formula is C21H20N2O2S. The average Bonchev–Trinajstić information content (AvgIpc) is 2.67. The van der Waals surface area contributed by atoms with Gasteiger partial charge in [-0.15, -0.1) is 0 Å². The zero-order chi connectivity index (χ0) is 18.4. The first kappa shape index (κ1) is 18.0. The molecular weight excluding hydrogens is 344 g/mol. The molecule has 0 saturated carbocycles. The van der Waals surface area contributed by atoms with Gasteiger partial charge in [0.2, 0.25) is 0 Å². The molecule has 0 spiro atoms. The smallest absolute Gasteiger partial charge is 0.252 e. The third-order valence-corrected chi connectivity index (χ3v) is 4.69. The molecule has 2 unspecified atom stereocenters. The van der Waals surface area contributed by atoms with E-state index in [0.29, 0.717) is 11.3 Å². The first-order valence-electron chi connectivity index (χ1n) is 8.29. The number of rotatable bonds is 6. The fourth-order valence-electron chi connectivity index (χ4n) is 2.77. The van der Waals surface area contributed by atoms with Crippen LogP contribution in [-0.4, -0.2) is 21.4 Å². The number of amides is 1. The van der Waals surface area contributed by atoms with Crippen molar-refractivity contribution < 1.29 is 9.00 Å². The van der Waals surface area contributed by atoms with Crippen molar-refractivity contribution in [3.05, 3.63) is 101 Å². The molecule has 0 bridgehead atoms. The Morgan fingerprint density at radius 3 is 2.50 bits per heavy atom. The summed E-state index contributed by atoms with van der Waals surface area (Å²) in [5.41, 5.74) is 3.17. The number of hydrogen-bond acceptors (Lipinski definition) is 3. The highest BCUT2D eigenvalue weighted by atomic mass is 32.2. The first-order valence-corrected chi connectivity index (χ1v) is 10.0. The van der Waals surface area contributed by atoms with Crippen molar-refractivity contribution in [1.29, 1.82) is 0 Å². The van der Waals surface area contributed by atoms with Crippen LogP contribution >= 0.6 is 0 Å². The minimum Gasteiger partial charge on any atom is -0.340 e. The van der Waals surface area contributed by atoms with Gasteiger partial charge in [0.25, 0.3) is 5.91 Å². The molecule has 1 N–H and O–H groups in total. The zero-order valence-electron chi connectivity index (χ0n) is 14.5. The molecule has 3 rings (SSSR count). The fourth-order valence-corrected chi connectivity index (χ4v) is 3.42. The van der Waals surface area contributed by atoms with Gasteiger partial charge in [0.1, 0.15) is 0 Å². The molecule has 1 heterocycles. The maximum atomic E-state index is 12.8. The Balaban J connectivity index is 1.88. The van der Waals surface area contributed by atoms with Crippen LogP contribution in [0.5, 0.6) is 0 Å². The number of nitrogens with zero attached hydrogens (tertiary/aromatic N) is 1. The van der Waals surface area contributed by atoms with Gasteiger partial charge in [-0.3, -0.25) is 14.0 Å². The van der Waals surface area contributed by atoms with Crippen LogP contribution in [-0.2, 0) is 16.6 Å². The largest absolute Gasteiger partial charge is 0.340 e. The second-order valence-corrected chi connectivity index (χ2v) is 7.42. The molecule has 0 saturated heterocycles. The Kier molecular flexibility index (Phi) is 5.92. The molecule has 2 atom stereocenters. The van der Waals surface area contributed by atoms with Crippen molar-refractivity contribution in [2.45, 2.75) is 11.8 Å². The number of nitrogens with one attached hydrogen (secondary N) is 1. The third-order valence-electron chi connectivity index (χ3n) is 3.95. The van der Waals surface area contributed by atoms with Gasteiger partial charge < -0.3 is 5.32 Å². The normalized spacial score (nSPS) is 13.0. The number of aromatic nitrogens is 1. The molecule has 1 aromatic heterocycles. The van der Waals surface area contributed by atoms with Crippen LogP contribution in [0.4, 0.5) is 0 Å². The van der Waals surface area contributed by atoms with E-state index >= 15 is 0 Å². The van der Waals surface area contributed by atoms with Crippen LogP contribution in [0.25, 0.3) is 0 Å². The summed E-state index contributed by atoms with van der Waals surface area (Å²) in [7, 11) is -0.950. The van der Waals surface area contributed by atoms with E-state index in [1.807, 2.05) is 60.7 Å². The summed E-state index contributed by atoms with van der Waals surface area (Å²) in [5.74, 6) is 0.247. The summed E-state index contributed by atoms with van der Waals surface area (Å²) < 4.78 is 11.4. The van der Waals surface area contributed by atoms with E-state index in [4.69, 9.17) is 0 Å². The van der Waals surface area contributed by atoms with E-state index in [1.54, 1.807) is 24.6 Å². The summed E-state index contributed by atoms with van der Waals surface area (Å²) in [6, 6.07) is 22.3. The molecule has 0 aliphatic carbocycles. The van der Waals surface area contributed by atoms with Crippen LogP contribution < -0.4 is 5.32 Å². The number of hydrogen-bond donors (Lipinski definition) is 1. The standard InChI is InChI=1S/C21H20N2O2S/c1-26(25)15-16-8-7-11-18(14-16)21(24)23-20(17-9-3-2-4-10-17)19-12-5-6-13-22-19/h2-14,20H,15H2,1H3,(H,23,24). The molecule has 4 nitrogen and oxygen atoms in total. The van der Waals surface area contributed by atoms with Crippen molar-refractivity contribution in [3.63, 3.8) is 0 Å². The Morgan fingerprint density at radius 2 is 1.81 bits per heavy atom. The molecule has 0 aliphatic rings. The molecule has 3 aromatic rings. The van der Waals surface area contributed by atoms with Crippen molar-refractivity contribution in [1.82, 2.24) is 10.3 Å². The maximum absolute atomic E-state index is 12.8. The second-order valence-electron chi connectivity index (χ2n) is 5.99. The highest BCUT2D eigenvalue weighted by Crippen LogP contribution is 2.21. The van der Waals surface area contributed by atoms with Gasteiger partial charge in [0, 0.05) is 34.6 Å². The average molecular weight is 364 g/mol. The lowest BCUT2D eigenvalue weighted by Gasteiger charge is -2.19. The summed E-state index contributed by atoms with van der Waals surface area (Å²) in [5, 5.41) is 3.07. The van der Waals surface area contributed by atoms with E-state index in [0.717, 1.165) is 16.8 Å². The quantitative estimate of drug-likeness (QED) is 0.728. The monoisotopic (exact) mass is 364 g/mol. The van der Waals surface area contributed by atoms with Crippen molar-refractivity contribution in [3.8, 4) is 0 Å². The summed E-state index contributed by atoms with van der Waals surface area (Å²) >= 11 is 0. The fraction of sp³-hybridized carbons (Fsp3) is 0.143. The topological polar surface area (TPSA) is 59.1 Å². The number of carbonyl (C=O) groups is 1. The third kappa shape index (κ3) is 4.64. The van der Waals surface area contributed by atoms with Crippen LogP contribution in [0, 0.1) is 0 Å². The zero-order valence-corrected chi connectivity index (χ0v) is 15.3. The van der Waals surface area contributed by atoms with E-state index in [-0.39, 0.29) is 11.9 Å².